The van der Waals surface area contributed by atoms with Crippen LogP contribution in [-0.2, 0) is 4.57 Å². The Bertz CT molecular complexity index is 977. The van der Waals surface area contributed by atoms with Gasteiger partial charge in [0.1, 0.15) is 17.2 Å². The summed E-state index contributed by atoms with van der Waals surface area (Å²) in [5.41, 5.74) is 2.28. The Balaban J connectivity index is 0.00000341. The summed E-state index contributed by atoms with van der Waals surface area (Å²) in [6, 6.07) is 22.7. The second-order valence-electron chi connectivity index (χ2n) is 7.13. The summed E-state index contributed by atoms with van der Waals surface area (Å²) < 4.78 is 22.3. The van der Waals surface area contributed by atoms with Gasteiger partial charge in [-0.1, -0.05) is 56.3 Å². The van der Waals surface area contributed by atoms with Gasteiger partial charge in [-0.05, 0) is 72.2 Å². The summed E-state index contributed by atoms with van der Waals surface area (Å²) in [4.78, 5) is 12.2. The van der Waals surface area contributed by atoms with Gasteiger partial charge in [-0.2, -0.15) is 0 Å². The number of phenolic OH excluding ortho intramolecular Hbond substituents is 1. The smallest absolute Gasteiger partial charge is 0.736 e. The van der Waals surface area contributed by atoms with Gasteiger partial charge in [0.25, 0.3) is 0 Å². The van der Waals surface area contributed by atoms with E-state index in [1.807, 2.05) is 24.3 Å². The van der Waals surface area contributed by atoms with Crippen LogP contribution >= 0.6 is 7.82 Å². The molecule has 0 saturated carbocycles. The molecule has 0 aliphatic carbocycles. The van der Waals surface area contributed by atoms with Crippen LogP contribution in [0.1, 0.15) is 49.7 Å². The Hall–Kier alpha value is -1.75. The summed E-state index contributed by atoms with van der Waals surface area (Å²) in [5.74, 6) is 1.21. The van der Waals surface area contributed by atoms with Gasteiger partial charge in [0.15, 0.2) is 0 Å². The third-order valence-corrected chi connectivity index (χ3v) is 6.04. The molecule has 0 bridgehead atoms. The maximum Gasteiger partial charge on any atom is 1.00 e. The van der Waals surface area contributed by atoms with Crippen molar-refractivity contribution >= 4 is 7.82 Å². The van der Waals surface area contributed by atoms with Crippen molar-refractivity contribution in [1.29, 1.82) is 0 Å². The first-order valence-corrected chi connectivity index (χ1v) is 11.5. The van der Waals surface area contributed by atoms with E-state index >= 15 is 0 Å². The number of aromatic hydroxyl groups is 1. The fourth-order valence-electron chi connectivity index (χ4n) is 3.76. The second kappa shape index (κ2) is 11.8. The monoisotopic (exact) mass is 448 g/mol. The quantitative estimate of drug-likeness (QED) is 0.402. The van der Waals surface area contributed by atoms with Gasteiger partial charge in [-0.25, -0.2) is 4.57 Å². The van der Waals surface area contributed by atoms with E-state index < -0.39 is 7.82 Å². The number of phenols is 1. The normalized spacial score (nSPS) is 14.5. The SMILES string of the molecule is CCC(c1ccc(O)cc1)C(CC)c1ccc(OP(=O)([O-])Oc2ccccc2)cc1.[Na+]. The van der Waals surface area contributed by atoms with Crippen molar-refractivity contribution < 1.29 is 53.2 Å². The van der Waals surface area contributed by atoms with Crippen molar-refractivity contribution in [3.8, 4) is 17.2 Å². The number of hydrogen-bond donors (Lipinski definition) is 1. The minimum Gasteiger partial charge on any atom is -0.736 e. The maximum absolute atomic E-state index is 12.2. The summed E-state index contributed by atoms with van der Waals surface area (Å²) in [7, 11) is -4.53. The Morgan fingerprint density at radius 2 is 1.19 bits per heavy atom. The second-order valence-corrected chi connectivity index (χ2v) is 8.39. The first-order valence-electron chi connectivity index (χ1n) is 10.1. The number of para-hydroxylation sites is 1. The number of rotatable bonds is 9. The summed E-state index contributed by atoms with van der Waals surface area (Å²) in [6.07, 6.45) is 1.87. The van der Waals surface area contributed by atoms with Crippen LogP contribution in [0.25, 0.3) is 0 Å². The van der Waals surface area contributed by atoms with Gasteiger partial charge >= 0.3 is 37.4 Å². The molecule has 0 amide bonds. The van der Waals surface area contributed by atoms with Crippen molar-refractivity contribution in [2.45, 2.75) is 38.5 Å². The molecule has 0 aliphatic rings. The summed E-state index contributed by atoms with van der Waals surface area (Å²) in [5, 5.41) is 9.57. The zero-order chi connectivity index (χ0) is 21.6. The third-order valence-electron chi connectivity index (χ3n) is 5.17. The minimum absolute atomic E-state index is 0. The molecule has 3 rings (SSSR count). The van der Waals surface area contributed by atoms with Gasteiger partial charge in [0, 0.05) is 0 Å². The molecule has 3 aromatic rings. The molecule has 1 N–H and O–H groups in total. The third kappa shape index (κ3) is 7.13. The fraction of sp³-hybridized carbons (Fsp3) is 0.250. The molecular weight excluding hydrogens is 422 g/mol. The van der Waals surface area contributed by atoms with E-state index in [2.05, 4.69) is 13.8 Å². The van der Waals surface area contributed by atoms with Gasteiger partial charge in [-0.3, -0.25) is 0 Å². The summed E-state index contributed by atoms with van der Waals surface area (Å²) >= 11 is 0. The predicted octanol–water partition coefficient (Wildman–Crippen LogP) is 3.01. The molecule has 3 aromatic carbocycles. The minimum atomic E-state index is -4.53. The van der Waals surface area contributed by atoms with Crippen LogP contribution in [0, 0.1) is 0 Å². The van der Waals surface area contributed by atoms with Crippen LogP contribution in [0.2, 0.25) is 0 Å². The molecule has 3 unspecified atom stereocenters. The Morgan fingerprint density at radius 3 is 1.65 bits per heavy atom. The van der Waals surface area contributed by atoms with Crippen molar-refractivity contribution in [2.75, 3.05) is 0 Å². The molecule has 0 fully saturated rings. The van der Waals surface area contributed by atoms with E-state index in [1.165, 1.54) is 5.56 Å². The van der Waals surface area contributed by atoms with Gasteiger partial charge in [0.05, 0.1) is 0 Å². The first kappa shape index (κ1) is 25.5. The molecule has 0 radical (unpaired) electrons. The predicted molar refractivity (Wildman–Crippen MR) is 116 cm³/mol. The Labute approximate surface area is 206 Å². The topological polar surface area (TPSA) is 78.8 Å². The fourth-order valence-corrected chi connectivity index (χ4v) is 4.56. The van der Waals surface area contributed by atoms with E-state index in [-0.39, 0.29) is 58.6 Å². The van der Waals surface area contributed by atoms with Gasteiger partial charge in [0.2, 0.25) is 0 Å². The molecule has 0 heterocycles. The van der Waals surface area contributed by atoms with Gasteiger partial charge in [-0.15, -0.1) is 0 Å². The van der Waals surface area contributed by atoms with Crippen LogP contribution in [0.4, 0.5) is 0 Å². The van der Waals surface area contributed by atoms with E-state index in [0.29, 0.717) is 0 Å². The average molecular weight is 448 g/mol. The van der Waals surface area contributed by atoms with E-state index in [1.54, 1.807) is 54.6 Å². The molecule has 5 nitrogen and oxygen atoms in total. The van der Waals surface area contributed by atoms with Crippen molar-refractivity contribution in [1.82, 2.24) is 0 Å². The molecule has 0 aromatic heterocycles. The van der Waals surface area contributed by atoms with Crippen LogP contribution in [-0.4, -0.2) is 5.11 Å². The summed E-state index contributed by atoms with van der Waals surface area (Å²) in [6.45, 7) is 4.28. The van der Waals surface area contributed by atoms with Crippen molar-refractivity contribution in [3.63, 3.8) is 0 Å². The largest absolute Gasteiger partial charge is 1.00 e. The number of benzene rings is 3. The standard InChI is InChI=1S/C24H27O5P.Na/c1-3-23(18-10-14-20(25)15-11-18)24(4-2)19-12-16-22(17-13-19)29-30(26,27)28-21-8-6-5-7-9-21;/h5-17,23-25H,3-4H2,1-2H3,(H,26,27);/q;+1/p-1. The molecular formula is C24H26NaO5P. The zero-order valence-electron chi connectivity index (χ0n) is 18.1. The molecule has 7 heteroatoms. The first-order chi connectivity index (χ1) is 14.4. The van der Waals surface area contributed by atoms with Crippen LogP contribution in [0.3, 0.4) is 0 Å². The Kier molecular flexibility index (Phi) is 9.67. The molecule has 31 heavy (non-hydrogen) atoms. The van der Waals surface area contributed by atoms with E-state index in [4.69, 9.17) is 9.05 Å². The van der Waals surface area contributed by atoms with Crippen LogP contribution in [0.15, 0.2) is 78.9 Å². The molecule has 0 saturated heterocycles. The Morgan fingerprint density at radius 1 is 0.774 bits per heavy atom. The van der Waals surface area contributed by atoms with Crippen LogP contribution in [0.5, 0.6) is 17.2 Å². The molecule has 0 aliphatic heterocycles. The molecule has 0 spiro atoms. The van der Waals surface area contributed by atoms with E-state index in [0.717, 1.165) is 18.4 Å². The van der Waals surface area contributed by atoms with Crippen molar-refractivity contribution in [3.05, 3.63) is 90.0 Å². The zero-order valence-corrected chi connectivity index (χ0v) is 21.0. The maximum atomic E-state index is 12.2. The average Bonchev–Trinajstić information content (AvgIpc) is 2.74. The van der Waals surface area contributed by atoms with E-state index in [9.17, 15) is 14.6 Å². The number of phosphoric ester groups is 1. The van der Waals surface area contributed by atoms with Crippen molar-refractivity contribution in [2.24, 2.45) is 0 Å². The van der Waals surface area contributed by atoms with Crippen LogP contribution < -0.4 is 43.5 Å². The number of phosphoric acid groups is 1. The molecule has 3 atom stereocenters. The molecule has 158 valence electrons. The van der Waals surface area contributed by atoms with Gasteiger partial charge < -0.3 is 19.0 Å². The number of hydrogen-bond acceptors (Lipinski definition) is 5.